The second-order valence-electron chi connectivity index (χ2n) is 3.42. The first-order valence-electron chi connectivity index (χ1n) is 4.84. The quantitative estimate of drug-likeness (QED) is 0.927. The van der Waals surface area contributed by atoms with Gasteiger partial charge in [-0.2, -0.15) is 0 Å². The molecule has 0 fully saturated rings. The first-order chi connectivity index (χ1) is 7.52. The first kappa shape index (κ1) is 12.8. The highest BCUT2D eigenvalue weighted by Gasteiger charge is 2.09. The lowest BCUT2D eigenvalue weighted by Gasteiger charge is -2.12. The first-order valence-corrected chi connectivity index (χ1v) is 5.63. The average Bonchev–Trinajstić information content (AvgIpc) is 2.16. The third-order valence-corrected chi connectivity index (χ3v) is 2.23. The van der Waals surface area contributed by atoms with Crippen LogP contribution in [0, 0.1) is 0 Å². The number of carbonyl (C=O) groups is 1. The smallest absolute Gasteiger partial charge is 0.411 e. The van der Waals surface area contributed by atoms with Gasteiger partial charge in [0.25, 0.3) is 0 Å². The van der Waals surface area contributed by atoms with Crippen molar-refractivity contribution < 1.29 is 14.3 Å². The van der Waals surface area contributed by atoms with Crippen LogP contribution in [0.25, 0.3) is 0 Å². The second kappa shape index (κ2) is 5.75. The van der Waals surface area contributed by atoms with Crippen LogP contribution < -0.4 is 10.1 Å². The molecule has 1 amide bonds. The van der Waals surface area contributed by atoms with Crippen LogP contribution in [0.2, 0.25) is 0 Å². The summed E-state index contributed by atoms with van der Waals surface area (Å²) in [6, 6.07) is 5.34. The number of anilines is 1. The van der Waals surface area contributed by atoms with E-state index in [-0.39, 0.29) is 6.10 Å². The number of methoxy groups -OCH3 is 1. The van der Waals surface area contributed by atoms with Gasteiger partial charge in [-0.15, -0.1) is 0 Å². The zero-order valence-electron chi connectivity index (χ0n) is 9.41. The molecule has 0 unspecified atom stereocenters. The van der Waals surface area contributed by atoms with Crippen LogP contribution in [0.4, 0.5) is 10.5 Å². The Labute approximate surface area is 103 Å². The number of hydrogen-bond donors (Lipinski definition) is 1. The molecule has 1 rings (SSSR count). The molecular weight excluding hydrogens is 274 g/mol. The van der Waals surface area contributed by atoms with Gasteiger partial charge in [0, 0.05) is 4.47 Å². The molecular formula is C11H14BrNO3. The Bertz CT molecular complexity index is 379. The molecule has 0 atom stereocenters. The van der Waals surface area contributed by atoms with Crippen molar-refractivity contribution in [2.45, 2.75) is 20.0 Å². The zero-order valence-corrected chi connectivity index (χ0v) is 11.0. The Morgan fingerprint density at radius 3 is 2.69 bits per heavy atom. The molecule has 0 saturated carbocycles. The highest BCUT2D eigenvalue weighted by Crippen LogP contribution is 2.27. The lowest BCUT2D eigenvalue weighted by molar-refractivity contribution is 0.130. The van der Waals surface area contributed by atoms with Crippen molar-refractivity contribution in [1.82, 2.24) is 0 Å². The summed E-state index contributed by atoms with van der Waals surface area (Å²) >= 11 is 3.32. The number of hydrogen-bond acceptors (Lipinski definition) is 3. The molecule has 1 N–H and O–H groups in total. The molecule has 0 saturated heterocycles. The molecule has 0 aromatic heterocycles. The van der Waals surface area contributed by atoms with E-state index in [1.807, 2.05) is 6.07 Å². The predicted octanol–water partition coefficient (Wildman–Crippen LogP) is 3.41. The molecule has 4 nitrogen and oxygen atoms in total. The van der Waals surface area contributed by atoms with Crippen molar-refractivity contribution in [2.75, 3.05) is 12.4 Å². The normalized spacial score (nSPS) is 10.1. The number of benzene rings is 1. The lowest BCUT2D eigenvalue weighted by Crippen LogP contribution is -2.18. The molecule has 0 bridgehead atoms. The Morgan fingerprint density at radius 1 is 1.44 bits per heavy atom. The van der Waals surface area contributed by atoms with Crippen molar-refractivity contribution in [2.24, 2.45) is 0 Å². The third-order valence-electron chi connectivity index (χ3n) is 1.74. The maximum Gasteiger partial charge on any atom is 0.411 e. The van der Waals surface area contributed by atoms with Crippen molar-refractivity contribution >= 4 is 27.7 Å². The molecule has 0 spiro atoms. The number of nitrogens with one attached hydrogen (secondary N) is 1. The van der Waals surface area contributed by atoms with Gasteiger partial charge in [-0.25, -0.2) is 4.79 Å². The Kier molecular flexibility index (Phi) is 4.61. The number of ether oxygens (including phenoxy) is 2. The largest absolute Gasteiger partial charge is 0.495 e. The molecule has 0 heterocycles. The van der Waals surface area contributed by atoms with Crippen LogP contribution in [-0.4, -0.2) is 19.3 Å². The molecule has 5 heteroatoms. The highest BCUT2D eigenvalue weighted by molar-refractivity contribution is 9.10. The van der Waals surface area contributed by atoms with E-state index in [2.05, 4.69) is 21.2 Å². The van der Waals surface area contributed by atoms with Gasteiger partial charge in [-0.05, 0) is 32.0 Å². The summed E-state index contributed by atoms with van der Waals surface area (Å²) in [6.07, 6.45) is -0.649. The summed E-state index contributed by atoms with van der Waals surface area (Å²) in [5.74, 6) is 0.587. The molecule has 88 valence electrons. The minimum Gasteiger partial charge on any atom is -0.495 e. The summed E-state index contributed by atoms with van der Waals surface area (Å²) in [6.45, 7) is 3.58. The van der Waals surface area contributed by atoms with Crippen LogP contribution in [0.15, 0.2) is 22.7 Å². The van der Waals surface area contributed by atoms with Gasteiger partial charge in [0.1, 0.15) is 5.75 Å². The van der Waals surface area contributed by atoms with E-state index in [1.165, 1.54) is 0 Å². The summed E-state index contributed by atoms with van der Waals surface area (Å²) in [5.41, 5.74) is 0.572. The zero-order chi connectivity index (χ0) is 12.1. The van der Waals surface area contributed by atoms with Crippen LogP contribution in [-0.2, 0) is 4.74 Å². The van der Waals surface area contributed by atoms with E-state index < -0.39 is 6.09 Å². The minimum atomic E-state index is -0.494. The fourth-order valence-electron chi connectivity index (χ4n) is 1.13. The van der Waals surface area contributed by atoms with Gasteiger partial charge >= 0.3 is 6.09 Å². The minimum absolute atomic E-state index is 0.154. The summed E-state index contributed by atoms with van der Waals surface area (Å²) in [5, 5.41) is 2.62. The Hall–Kier alpha value is -1.23. The Morgan fingerprint density at radius 2 is 2.12 bits per heavy atom. The maximum atomic E-state index is 11.4. The number of amides is 1. The van der Waals surface area contributed by atoms with E-state index in [9.17, 15) is 4.79 Å². The van der Waals surface area contributed by atoms with Gasteiger partial charge in [-0.3, -0.25) is 5.32 Å². The van der Waals surface area contributed by atoms with E-state index in [4.69, 9.17) is 9.47 Å². The van der Waals surface area contributed by atoms with Crippen molar-refractivity contribution in [3.05, 3.63) is 22.7 Å². The summed E-state index contributed by atoms with van der Waals surface area (Å²) in [7, 11) is 1.54. The summed E-state index contributed by atoms with van der Waals surface area (Å²) < 4.78 is 10.9. The molecule has 0 aliphatic rings. The molecule has 0 aliphatic carbocycles. The topological polar surface area (TPSA) is 47.6 Å². The SMILES string of the molecule is COc1ccc(Br)cc1NC(=O)OC(C)C. The highest BCUT2D eigenvalue weighted by atomic mass is 79.9. The average molecular weight is 288 g/mol. The lowest BCUT2D eigenvalue weighted by atomic mass is 10.3. The third kappa shape index (κ3) is 3.73. The summed E-state index contributed by atoms with van der Waals surface area (Å²) in [4.78, 5) is 11.4. The number of halogens is 1. The molecule has 1 aromatic carbocycles. The van der Waals surface area contributed by atoms with E-state index >= 15 is 0 Å². The second-order valence-corrected chi connectivity index (χ2v) is 4.34. The van der Waals surface area contributed by atoms with Gasteiger partial charge in [-0.1, -0.05) is 15.9 Å². The van der Waals surface area contributed by atoms with Crippen molar-refractivity contribution in [1.29, 1.82) is 0 Å². The van der Waals surface area contributed by atoms with Crippen LogP contribution in [0.3, 0.4) is 0 Å². The van der Waals surface area contributed by atoms with E-state index in [1.54, 1.807) is 33.1 Å². The fourth-order valence-corrected chi connectivity index (χ4v) is 1.49. The standard InChI is InChI=1S/C11H14BrNO3/c1-7(2)16-11(14)13-9-6-8(12)4-5-10(9)15-3/h4-7H,1-3H3,(H,13,14). The van der Waals surface area contributed by atoms with Gasteiger partial charge in [0.15, 0.2) is 0 Å². The van der Waals surface area contributed by atoms with E-state index in [0.717, 1.165) is 4.47 Å². The molecule has 0 radical (unpaired) electrons. The van der Waals surface area contributed by atoms with Gasteiger partial charge < -0.3 is 9.47 Å². The number of carbonyl (C=O) groups excluding carboxylic acids is 1. The monoisotopic (exact) mass is 287 g/mol. The predicted molar refractivity (Wildman–Crippen MR) is 65.9 cm³/mol. The van der Waals surface area contributed by atoms with Crippen molar-refractivity contribution in [3.63, 3.8) is 0 Å². The molecule has 1 aromatic rings. The maximum absolute atomic E-state index is 11.4. The molecule has 16 heavy (non-hydrogen) atoms. The van der Waals surface area contributed by atoms with Gasteiger partial charge in [0.2, 0.25) is 0 Å². The number of rotatable bonds is 3. The van der Waals surface area contributed by atoms with Crippen LogP contribution in [0.5, 0.6) is 5.75 Å². The van der Waals surface area contributed by atoms with Crippen molar-refractivity contribution in [3.8, 4) is 5.75 Å². The Balaban J connectivity index is 2.79. The van der Waals surface area contributed by atoms with E-state index in [0.29, 0.717) is 11.4 Å². The molecule has 0 aliphatic heterocycles. The fraction of sp³-hybridized carbons (Fsp3) is 0.364. The van der Waals surface area contributed by atoms with Gasteiger partial charge in [0.05, 0.1) is 18.9 Å². The van der Waals surface area contributed by atoms with Crippen LogP contribution in [0.1, 0.15) is 13.8 Å². The van der Waals surface area contributed by atoms with Crippen LogP contribution >= 0.6 is 15.9 Å².